The summed E-state index contributed by atoms with van der Waals surface area (Å²) in [5.74, 6) is 0.727. The summed E-state index contributed by atoms with van der Waals surface area (Å²) < 4.78 is 1.70. The predicted octanol–water partition coefficient (Wildman–Crippen LogP) is -0.547. The topological polar surface area (TPSA) is 87.1 Å². The monoisotopic (exact) mass is 307 g/mol. The number of aromatic amines is 1. The number of nitrogens with one attached hydrogen (secondary N) is 2. The summed E-state index contributed by atoms with van der Waals surface area (Å²) in [5.41, 5.74) is -1.16. The Labute approximate surface area is 103 Å². The van der Waals surface area contributed by atoms with E-state index in [0.29, 0.717) is 4.47 Å². The molecule has 0 spiro atoms. The SMILES string of the molecule is O=c1[nH]c(=O)n([C@H]2N[C@@H](CO)CS2)cc1Br. The summed E-state index contributed by atoms with van der Waals surface area (Å²) in [5, 5.41) is 12.0. The van der Waals surface area contributed by atoms with E-state index >= 15 is 0 Å². The van der Waals surface area contributed by atoms with Crippen LogP contribution in [0.4, 0.5) is 0 Å². The summed E-state index contributed by atoms with van der Waals surface area (Å²) in [6, 6.07) is -0.0207. The molecular formula is C8H10BrN3O3S. The second kappa shape index (κ2) is 4.74. The van der Waals surface area contributed by atoms with Crippen LogP contribution in [0.2, 0.25) is 0 Å². The average Bonchev–Trinajstić information content (AvgIpc) is 2.71. The van der Waals surface area contributed by atoms with Crippen molar-refractivity contribution in [3.8, 4) is 0 Å². The fourth-order valence-corrected chi connectivity index (χ4v) is 2.95. The van der Waals surface area contributed by atoms with E-state index in [9.17, 15) is 9.59 Å². The van der Waals surface area contributed by atoms with Gasteiger partial charge in [-0.2, -0.15) is 0 Å². The van der Waals surface area contributed by atoms with Crippen LogP contribution < -0.4 is 16.6 Å². The maximum absolute atomic E-state index is 11.5. The third-order valence-electron chi connectivity index (χ3n) is 2.23. The number of hydrogen-bond donors (Lipinski definition) is 3. The maximum Gasteiger partial charge on any atom is 0.330 e. The normalized spacial score (nSPS) is 24.9. The van der Waals surface area contributed by atoms with Gasteiger partial charge in [0.25, 0.3) is 5.56 Å². The minimum Gasteiger partial charge on any atom is -0.395 e. The number of aliphatic hydroxyl groups excluding tert-OH is 1. The van der Waals surface area contributed by atoms with E-state index in [1.54, 1.807) is 0 Å². The zero-order chi connectivity index (χ0) is 11.7. The minimum atomic E-state index is -0.461. The highest BCUT2D eigenvalue weighted by molar-refractivity contribution is 9.10. The molecule has 1 aromatic heterocycles. The number of halogens is 1. The molecule has 2 atom stereocenters. The fraction of sp³-hybridized carbons (Fsp3) is 0.500. The third kappa shape index (κ3) is 2.24. The van der Waals surface area contributed by atoms with E-state index in [1.807, 2.05) is 0 Å². The molecular weight excluding hydrogens is 298 g/mol. The van der Waals surface area contributed by atoms with Gasteiger partial charge in [-0.05, 0) is 15.9 Å². The molecule has 8 heteroatoms. The second-order valence-corrected chi connectivity index (χ2v) is 5.34. The Morgan fingerprint density at radius 3 is 3.00 bits per heavy atom. The van der Waals surface area contributed by atoms with Crippen LogP contribution >= 0.6 is 27.7 Å². The van der Waals surface area contributed by atoms with E-state index < -0.39 is 11.2 Å². The molecule has 0 aliphatic carbocycles. The number of nitrogens with zero attached hydrogens (tertiary/aromatic N) is 1. The number of aromatic nitrogens is 2. The van der Waals surface area contributed by atoms with Crippen LogP contribution in [0.5, 0.6) is 0 Å². The Hall–Kier alpha value is -0.570. The van der Waals surface area contributed by atoms with Crippen molar-refractivity contribution in [1.82, 2.24) is 14.9 Å². The van der Waals surface area contributed by atoms with Crippen LogP contribution in [0.3, 0.4) is 0 Å². The molecule has 0 aromatic carbocycles. The van der Waals surface area contributed by atoms with Gasteiger partial charge >= 0.3 is 5.69 Å². The van der Waals surface area contributed by atoms with Gasteiger partial charge in [0.2, 0.25) is 0 Å². The molecule has 0 amide bonds. The van der Waals surface area contributed by atoms with E-state index in [4.69, 9.17) is 5.11 Å². The first-order valence-corrected chi connectivity index (χ1v) is 6.45. The summed E-state index contributed by atoms with van der Waals surface area (Å²) >= 11 is 4.58. The van der Waals surface area contributed by atoms with Crippen molar-refractivity contribution in [3.05, 3.63) is 31.5 Å². The van der Waals surface area contributed by atoms with Crippen molar-refractivity contribution in [2.24, 2.45) is 0 Å². The fourth-order valence-electron chi connectivity index (χ4n) is 1.41. The van der Waals surface area contributed by atoms with Gasteiger partial charge in [-0.15, -0.1) is 11.8 Å². The molecule has 16 heavy (non-hydrogen) atoms. The molecule has 1 aliphatic rings. The number of rotatable bonds is 2. The van der Waals surface area contributed by atoms with E-state index in [1.165, 1.54) is 22.5 Å². The highest BCUT2D eigenvalue weighted by atomic mass is 79.9. The molecule has 0 saturated carbocycles. The van der Waals surface area contributed by atoms with Crippen molar-refractivity contribution in [2.45, 2.75) is 11.5 Å². The van der Waals surface area contributed by atoms with Crippen LogP contribution in [-0.2, 0) is 0 Å². The van der Waals surface area contributed by atoms with Gasteiger partial charge in [0.15, 0.2) is 0 Å². The molecule has 1 aromatic rings. The lowest BCUT2D eigenvalue weighted by molar-refractivity contribution is 0.251. The largest absolute Gasteiger partial charge is 0.395 e. The lowest BCUT2D eigenvalue weighted by Gasteiger charge is -2.14. The first kappa shape index (κ1) is 11.9. The molecule has 0 radical (unpaired) electrons. The van der Waals surface area contributed by atoms with Crippen LogP contribution in [-0.4, -0.2) is 33.1 Å². The average molecular weight is 308 g/mol. The quantitative estimate of drug-likeness (QED) is 0.682. The molecule has 2 rings (SSSR count). The van der Waals surface area contributed by atoms with Gasteiger partial charge < -0.3 is 5.11 Å². The Morgan fingerprint density at radius 1 is 1.62 bits per heavy atom. The first-order chi connectivity index (χ1) is 7.61. The van der Waals surface area contributed by atoms with Crippen molar-refractivity contribution < 1.29 is 5.11 Å². The van der Waals surface area contributed by atoms with Crippen molar-refractivity contribution >= 4 is 27.7 Å². The van der Waals surface area contributed by atoms with Gasteiger partial charge in [0.1, 0.15) is 5.50 Å². The number of hydrogen-bond acceptors (Lipinski definition) is 5. The lowest BCUT2D eigenvalue weighted by atomic mass is 10.4. The standard InChI is InChI=1S/C8H10BrN3O3S/c9-5-1-12(7(15)11-6(5)14)8-10-4(2-13)3-16-8/h1,4,8,10,13H,2-3H2,(H,11,14,15)/t4-,8+/m0/s1. The van der Waals surface area contributed by atoms with Gasteiger partial charge in [-0.25, -0.2) is 4.79 Å². The van der Waals surface area contributed by atoms with Gasteiger partial charge in [-0.3, -0.25) is 19.7 Å². The molecule has 2 heterocycles. The predicted molar refractivity (Wildman–Crippen MR) is 64.5 cm³/mol. The Bertz CT molecular complexity index is 500. The smallest absolute Gasteiger partial charge is 0.330 e. The van der Waals surface area contributed by atoms with E-state index in [-0.39, 0.29) is 18.1 Å². The van der Waals surface area contributed by atoms with Crippen LogP contribution in [0.25, 0.3) is 0 Å². The number of H-pyrrole nitrogens is 1. The van der Waals surface area contributed by atoms with E-state index in [2.05, 4.69) is 26.2 Å². The van der Waals surface area contributed by atoms with Gasteiger partial charge in [0.05, 0.1) is 11.1 Å². The van der Waals surface area contributed by atoms with Crippen LogP contribution in [0.15, 0.2) is 20.3 Å². The second-order valence-electron chi connectivity index (χ2n) is 3.38. The molecule has 6 nitrogen and oxygen atoms in total. The Kier molecular flexibility index (Phi) is 3.53. The summed E-state index contributed by atoms with van der Waals surface area (Å²) in [6.45, 7) is 0.0305. The van der Waals surface area contributed by atoms with Crippen LogP contribution in [0, 0.1) is 0 Å². The Morgan fingerprint density at radius 2 is 2.38 bits per heavy atom. The summed E-state index contributed by atoms with van der Waals surface area (Å²) in [4.78, 5) is 24.9. The van der Waals surface area contributed by atoms with E-state index in [0.717, 1.165) is 5.75 Å². The zero-order valence-corrected chi connectivity index (χ0v) is 10.5. The first-order valence-electron chi connectivity index (χ1n) is 4.61. The molecule has 1 aliphatic heterocycles. The van der Waals surface area contributed by atoms with Gasteiger partial charge in [-0.1, -0.05) is 0 Å². The molecule has 1 saturated heterocycles. The highest BCUT2D eigenvalue weighted by Gasteiger charge is 2.25. The molecule has 88 valence electrons. The van der Waals surface area contributed by atoms with Crippen LogP contribution in [0.1, 0.15) is 5.50 Å². The highest BCUT2D eigenvalue weighted by Crippen LogP contribution is 2.26. The van der Waals surface area contributed by atoms with Crippen molar-refractivity contribution in [1.29, 1.82) is 0 Å². The summed E-state index contributed by atoms with van der Waals surface area (Å²) in [6.07, 6.45) is 1.45. The summed E-state index contributed by atoms with van der Waals surface area (Å²) in [7, 11) is 0. The van der Waals surface area contributed by atoms with Gasteiger partial charge in [0, 0.05) is 18.0 Å². The molecule has 1 fully saturated rings. The maximum atomic E-state index is 11.5. The lowest BCUT2D eigenvalue weighted by Crippen LogP contribution is -2.38. The third-order valence-corrected chi connectivity index (χ3v) is 4.07. The Balaban J connectivity index is 2.32. The minimum absolute atomic E-state index is 0.0207. The molecule has 3 N–H and O–H groups in total. The molecule has 0 bridgehead atoms. The van der Waals surface area contributed by atoms with Crippen molar-refractivity contribution in [2.75, 3.05) is 12.4 Å². The van der Waals surface area contributed by atoms with Crippen molar-refractivity contribution in [3.63, 3.8) is 0 Å². The number of thioether (sulfide) groups is 1. The molecule has 0 unspecified atom stereocenters. The number of aliphatic hydroxyl groups is 1. The zero-order valence-electron chi connectivity index (χ0n) is 8.14.